The number of hydrogen-bond acceptors (Lipinski definition) is 4. The van der Waals surface area contributed by atoms with Gasteiger partial charge >= 0.3 is 0 Å². The van der Waals surface area contributed by atoms with Crippen LogP contribution in [0.4, 0.5) is 5.69 Å². The first-order chi connectivity index (χ1) is 9.10. The van der Waals surface area contributed by atoms with E-state index in [1.165, 1.54) is 5.69 Å². The third-order valence-electron chi connectivity index (χ3n) is 4.16. The molecular weight excluding hydrogens is 242 g/mol. The van der Waals surface area contributed by atoms with Crippen LogP contribution in [0.15, 0.2) is 18.2 Å². The number of hydrogen-bond donors (Lipinski definition) is 1. The monoisotopic (exact) mass is 263 g/mol. The van der Waals surface area contributed by atoms with Crippen molar-refractivity contribution < 1.29 is 14.6 Å². The van der Waals surface area contributed by atoms with E-state index >= 15 is 0 Å². The predicted molar refractivity (Wildman–Crippen MR) is 73.8 cm³/mol. The molecule has 0 radical (unpaired) electrons. The normalized spacial score (nSPS) is 23.9. The minimum absolute atomic E-state index is 0.119. The van der Waals surface area contributed by atoms with Crippen LogP contribution in [0.25, 0.3) is 0 Å². The summed E-state index contributed by atoms with van der Waals surface area (Å²) in [6, 6.07) is 6.13. The second kappa shape index (κ2) is 4.60. The Hall–Kier alpha value is -1.42. The van der Waals surface area contributed by atoms with E-state index in [2.05, 4.69) is 30.9 Å². The van der Waals surface area contributed by atoms with Gasteiger partial charge in [0.2, 0.25) is 6.79 Å². The molecule has 0 spiro atoms. The number of aliphatic hydroxyl groups is 1. The summed E-state index contributed by atoms with van der Waals surface area (Å²) in [5.41, 5.74) is 1.29. The van der Waals surface area contributed by atoms with Gasteiger partial charge in [-0.15, -0.1) is 0 Å². The maximum atomic E-state index is 9.13. The highest BCUT2D eigenvalue weighted by Gasteiger charge is 2.38. The zero-order valence-corrected chi connectivity index (χ0v) is 11.6. The number of ether oxygens (including phenoxy) is 2. The van der Waals surface area contributed by atoms with Crippen LogP contribution >= 0.6 is 0 Å². The maximum Gasteiger partial charge on any atom is 0.231 e. The maximum absolute atomic E-state index is 9.13. The van der Waals surface area contributed by atoms with Gasteiger partial charge in [-0.1, -0.05) is 0 Å². The molecule has 4 heteroatoms. The smallest absolute Gasteiger partial charge is 0.231 e. The molecule has 104 valence electrons. The Labute approximate surface area is 113 Å². The van der Waals surface area contributed by atoms with Gasteiger partial charge in [0.15, 0.2) is 11.5 Å². The summed E-state index contributed by atoms with van der Waals surface area (Å²) < 4.78 is 10.8. The number of aliphatic hydroxyl groups excluding tert-OH is 1. The van der Waals surface area contributed by atoms with E-state index in [0.717, 1.165) is 30.9 Å². The molecule has 3 rings (SSSR count). The van der Waals surface area contributed by atoms with Gasteiger partial charge in [-0.2, -0.15) is 0 Å². The van der Waals surface area contributed by atoms with Crippen LogP contribution in [0.5, 0.6) is 11.5 Å². The van der Waals surface area contributed by atoms with E-state index in [-0.39, 0.29) is 12.1 Å². The minimum atomic E-state index is 0.119. The standard InChI is InChI=1S/C15H21NO3/c1-15(2)8-11(5-6-17)9-16(15)12-3-4-13-14(7-12)19-10-18-13/h3-4,7,11,17H,5-6,8-10H2,1-2H3. The zero-order valence-electron chi connectivity index (χ0n) is 11.6. The first-order valence-electron chi connectivity index (χ1n) is 6.88. The molecule has 1 aromatic carbocycles. The fourth-order valence-corrected chi connectivity index (χ4v) is 3.27. The lowest BCUT2D eigenvalue weighted by molar-refractivity contribution is 0.174. The van der Waals surface area contributed by atoms with Crippen molar-refractivity contribution >= 4 is 5.69 Å². The molecule has 1 unspecified atom stereocenters. The average molecular weight is 263 g/mol. The van der Waals surface area contributed by atoms with Crippen molar-refractivity contribution in [3.8, 4) is 11.5 Å². The Kier molecular flexibility index (Phi) is 3.05. The van der Waals surface area contributed by atoms with Crippen molar-refractivity contribution in [1.82, 2.24) is 0 Å². The number of fused-ring (bicyclic) bond motifs is 1. The van der Waals surface area contributed by atoms with E-state index < -0.39 is 0 Å². The Morgan fingerprint density at radius 1 is 1.32 bits per heavy atom. The van der Waals surface area contributed by atoms with Crippen molar-refractivity contribution in [3.05, 3.63) is 18.2 Å². The molecule has 2 aliphatic heterocycles. The van der Waals surface area contributed by atoms with Gasteiger partial charge in [-0.25, -0.2) is 0 Å². The van der Waals surface area contributed by atoms with Gasteiger partial charge in [0, 0.05) is 30.4 Å². The summed E-state index contributed by atoms with van der Waals surface area (Å²) in [6.45, 7) is 6.10. The summed E-state index contributed by atoms with van der Waals surface area (Å²) in [5.74, 6) is 2.22. The lowest BCUT2D eigenvalue weighted by atomic mass is 9.94. The summed E-state index contributed by atoms with van der Waals surface area (Å²) >= 11 is 0. The van der Waals surface area contributed by atoms with Crippen molar-refractivity contribution in [2.45, 2.75) is 32.2 Å². The molecule has 2 heterocycles. The van der Waals surface area contributed by atoms with Crippen LogP contribution in [0, 0.1) is 5.92 Å². The Balaban J connectivity index is 1.85. The number of rotatable bonds is 3. The summed E-state index contributed by atoms with van der Waals surface area (Å²) in [4.78, 5) is 2.41. The summed E-state index contributed by atoms with van der Waals surface area (Å²) in [5, 5.41) is 9.13. The largest absolute Gasteiger partial charge is 0.454 e. The molecule has 0 aromatic heterocycles. The molecule has 0 saturated carbocycles. The van der Waals surface area contributed by atoms with Gasteiger partial charge in [-0.05, 0) is 44.7 Å². The van der Waals surface area contributed by atoms with Crippen LogP contribution in [-0.2, 0) is 0 Å². The predicted octanol–water partition coefficient (Wildman–Crippen LogP) is 2.40. The molecule has 0 amide bonds. The van der Waals surface area contributed by atoms with Gasteiger partial charge < -0.3 is 19.5 Å². The molecule has 1 saturated heterocycles. The zero-order chi connectivity index (χ0) is 13.5. The Bertz CT molecular complexity index is 472. The van der Waals surface area contributed by atoms with Crippen molar-refractivity contribution in [3.63, 3.8) is 0 Å². The van der Waals surface area contributed by atoms with Gasteiger partial charge in [0.1, 0.15) is 0 Å². The molecule has 1 aromatic rings. The molecule has 19 heavy (non-hydrogen) atoms. The third kappa shape index (κ3) is 2.25. The third-order valence-corrected chi connectivity index (χ3v) is 4.16. The van der Waals surface area contributed by atoms with Gasteiger partial charge in [0.25, 0.3) is 0 Å². The van der Waals surface area contributed by atoms with E-state index in [1.807, 2.05) is 6.07 Å². The highest BCUT2D eigenvalue weighted by atomic mass is 16.7. The van der Waals surface area contributed by atoms with Crippen LogP contribution < -0.4 is 14.4 Å². The fourth-order valence-electron chi connectivity index (χ4n) is 3.27. The molecule has 1 fully saturated rings. The number of nitrogens with zero attached hydrogens (tertiary/aromatic N) is 1. The van der Waals surface area contributed by atoms with Crippen LogP contribution in [0.3, 0.4) is 0 Å². The molecule has 0 aliphatic carbocycles. The van der Waals surface area contributed by atoms with Crippen molar-refractivity contribution in [2.75, 3.05) is 24.8 Å². The second-order valence-electron chi connectivity index (χ2n) is 6.04. The molecule has 4 nitrogen and oxygen atoms in total. The van der Waals surface area contributed by atoms with Crippen molar-refractivity contribution in [2.24, 2.45) is 5.92 Å². The van der Waals surface area contributed by atoms with E-state index in [0.29, 0.717) is 12.7 Å². The molecule has 0 bridgehead atoms. The van der Waals surface area contributed by atoms with Gasteiger partial charge in [-0.3, -0.25) is 0 Å². The van der Waals surface area contributed by atoms with E-state index in [9.17, 15) is 0 Å². The number of benzene rings is 1. The van der Waals surface area contributed by atoms with Gasteiger partial charge in [0.05, 0.1) is 0 Å². The molecular formula is C15H21NO3. The summed E-state index contributed by atoms with van der Waals surface area (Å²) in [7, 11) is 0. The lowest BCUT2D eigenvalue weighted by Gasteiger charge is -2.33. The van der Waals surface area contributed by atoms with Crippen LogP contribution in [-0.4, -0.2) is 30.6 Å². The Morgan fingerprint density at radius 2 is 2.11 bits per heavy atom. The first-order valence-corrected chi connectivity index (χ1v) is 6.88. The first kappa shape index (κ1) is 12.6. The molecule has 1 N–H and O–H groups in total. The second-order valence-corrected chi connectivity index (χ2v) is 6.04. The van der Waals surface area contributed by atoms with Crippen LogP contribution in [0.1, 0.15) is 26.7 Å². The topological polar surface area (TPSA) is 41.9 Å². The van der Waals surface area contributed by atoms with E-state index in [1.54, 1.807) is 0 Å². The minimum Gasteiger partial charge on any atom is -0.454 e. The highest BCUT2D eigenvalue weighted by Crippen LogP contribution is 2.42. The summed E-state index contributed by atoms with van der Waals surface area (Å²) in [6.07, 6.45) is 1.99. The molecule has 2 aliphatic rings. The quantitative estimate of drug-likeness (QED) is 0.909. The lowest BCUT2D eigenvalue weighted by Crippen LogP contribution is -2.38. The van der Waals surface area contributed by atoms with Crippen molar-refractivity contribution in [1.29, 1.82) is 0 Å². The van der Waals surface area contributed by atoms with E-state index in [4.69, 9.17) is 14.6 Å². The van der Waals surface area contributed by atoms with Crippen LogP contribution in [0.2, 0.25) is 0 Å². The SMILES string of the molecule is CC1(C)CC(CCO)CN1c1ccc2c(c1)OCO2. The highest BCUT2D eigenvalue weighted by molar-refractivity contribution is 5.59. The Morgan fingerprint density at radius 3 is 2.89 bits per heavy atom. The number of anilines is 1. The average Bonchev–Trinajstić information content (AvgIpc) is 2.92. The molecule has 1 atom stereocenters. The fraction of sp³-hybridized carbons (Fsp3) is 0.600.